The number of aryl methyl sites for hydroxylation is 2. The Labute approximate surface area is 161 Å². The number of esters is 2. The number of anilines is 1. The maximum atomic E-state index is 12.9. The van der Waals surface area contributed by atoms with E-state index in [-0.39, 0.29) is 16.8 Å². The van der Waals surface area contributed by atoms with Crippen molar-refractivity contribution in [3.8, 4) is 0 Å². The Morgan fingerprint density at radius 1 is 0.964 bits per heavy atom. The van der Waals surface area contributed by atoms with E-state index in [2.05, 4.69) is 10.3 Å². The molecule has 0 atom stereocenters. The third kappa shape index (κ3) is 3.57. The lowest BCUT2D eigenvalue weighted by atomic mass is 10.1. The summed E-state index contributed by atoms with van der Waals surface area (Å²) < 4.78 is 11.1. The van der Waals surface area contributed by atoms with Crippen LogP contribution in [0.25, 0.3) is 5.65 Å². The Hall–Kier alpha value is -3.68. The van der Waals surface area contributed by atoms with Crippen LogP contribution >= 0.6 is 0 Å². The molecule has 1 aromatic carbocycles. The Morgan fingerprint density at radius 3 is 2.14 bits per heavy atom. The number of imidazole rings is 1. The van der Waals surface area contributed by atoms with Gasteiger partial charge in [0.2, 0.25) is 0 Å². The minimum absolute atomic E-state index is 0.117. The summed E-state index contributed by atoms with van der Waals surface area (Å²) in [6.07, 6.45) is 1.77. The zero-order valence-corrected chi connectivity index (χ0v) is 15.9. The van der Waals surface area contributed by atoms with Gasteiger partial charge in [-0.25, -0.2) is 14.6 Å². The number of aromatic nitrogens is 2. The SMILES string of the molecule is COC(=O)c1cc(NC(=O)c2c(C)nc3cc(C)ccn23)cc(C(=O)OC)c1. The Kier molecular flexibility index (Phi) is 5.12. The van der Waals surface area contributed by atoms with E-state index in [9.17, 15) is 14.4 Å². The highest BCUT2D eigenvalue weighted by atomic mass is 16.5. The first-order chi connectivity index (χ1) is 13.3. The maximum absolute atomic E-state index is 12.9. The third-order valence-corrected chi connectivity index (χ3v) is 4.20. The van der Waals surface area contributed by atoms with Gasteiger partial charge in [-0.1, -0.05) is 0 Å². The van der Waals surface area contributed by atoms with Gasteiger partial charge in [-0.05, 0) is 49.7 Å². The fourth-order valence-electron chi connectivity index (χ4n) is 2.90. The van der Waals surface area contributed by atoms with E-state index in [4.69, 9.17) is 9.47 Å². The number of hydrogen-bond donors (Lipinski definition) is 1. The summed E-state index contributed by atoms with van der Waals surface area (Å²) in [7, 11) is 2.46. The molecule has 3 rings (SSSR count). The smallest absolute Gasteiger partial charge is 0.337 e. The van der Waals surface area contributed by atoms with E-state index in [1.54, 1.807) is 17.5 Å². The van der Waals surface area contributed by atoms with Gasteiger partial charge in [0.25, 0.3) is 5.91 Å². The molecule has 0 unspecified atom stereocenters. The number of benzene rings is 1. The first-order valence-electron chi connectivity index (χ1n) is 8.42. The molecular weight excluding hydrogens is 362 g/mol. The number of rotatable bonds is 4. The van der Waals surface area contributed by atoms with Gasteiger partial charge in [0.1, 0.15) is 11.3 Å². The molecule has 1 amide bonds. The Balaban J connectivity index is 2.01. The Bertz CT molecular complexity index is 1070. The maximum Gasteiger partial charge on any atom is 0.337 e. The molecule has 0 radical (unpaired) electrons. The molecule has 0 spiro atoms. The number of amides is 1. The number of nitrogens with one attached hydrogen (secondary N) is 1. The molecule has 1 N–H and O–H groups in total. The monoisotopic (exact) mass is 381 g/mol. The molecule has 2 aromatic heterocycles. The largest absolute Gasteiger partial charge is 0.465 e. The van der Waals surface area contributed by atoms with Crippen molar-refractivity contribution in [2.24, 2.45) is 0 Å². The first kappa shape index (κ1) is 19.1. The summed E-state index contributed by atoms with van der Waals surface area (Å²) in [6, 6.07) is 7.95. The molecule has 28 heavy (non-hydrogen) atoms. The molecule has 0 aliphatic rings. The summed E-state index contributed by atoms with van der Waals surface area (Å²) >= 11 is 0. The van der Waals surface area contributed by atoms with Gasteiger partial charge in [0, 0.05) is 11.9 Å². The minimum Gasteiger partial charge on any atom is -0.465 e. The molecule has 0 fully saturated rings. The molecule has 8 heteroatoms. The number of hydrogen-bond acceptors (Lipinski definition) is 6. The molecule has 0 aliphatic carbocycles. The van der Waals surface area contributed by atoms with Crippen molar-refractivity contribution in [2.45, 2.75) is 13.8 Å². The third-order valence-electron chi connectivity index (χ3n) is 4.20. The molecular formula is C20H19N3O5. The summed E-state index contributed by atoms with van der Waals surface area (Å²) in [4.78, 5) is 41.1. The van der Waals surface area contributed by atoms with Crippen LogP contribution in [0.4, 0.5) is 5.69 Å². The van der Waals surface area contributed by atoms with Crippen LogP contribution in [0.1, 0.15) is 42.5 Å². The molecule has 8 nitrogen and oxygen atoms in total. The fourth-order valence-corrected chi connectivity index (χ4v) is 2.90. The van der Waals surface area contributed by atoms with Crippen LogP contribution in [0.3, 0.4) is 0 Å². The topological polar surface area (TPSA) is 99.0 Å². The molecule has 0 saturated heterocycles. The standard InChI is InChI=1S/C20H19N3O5/c1-11-5-6-23-16(7-11)21-12(2)17(23)18(24)22-15-9-13(19(25)27-3)8-14(10-15)20(26)28-4/h5-10H,1-4H3,(H,22,24). The highest BCUT2D eigenvalue weighted by Gasteiger charge is 2.19. The normalized spacial score (nSPS) is 10.6. The van der Waals surface area contributed by atoms with Crippen molar-refractivity contribution >= 4 is 29.2 Å². The van der Waals surface area contributed by atoms with E-state index < -0.39 is 17.8 Å². The van der Waals surface area contributed by atoms with Gasteiger partial charge < -0.3 is 14.8 Å². The second-order valence-electron chi connectivity index (χ2n) is 6.21. The van der Waals surface area contributed by atoms with Crippen LogP contribution < -0.4 is 5.32 Å². The van der Waals surface area contributed by atoms with Crippen LogP contribution in [-0.4, -0.2) is 41.5 Å². The van der Waals surface area contributed by atoms with Crippen molar-refractivity contribution in [1.82, 2.24) is 9.38 Å². The number of pyridine rings is 1. The highest BCUT2D eigenvalue weighted by molar-refractivity contribution is 6.06. The number of carbonyl (C=O) groups is 3. The first-order valence-corrected chi connectivity index (χ1v) is 8.42. The van der Waals surface area contributed by atoms with Crippen molar-refractivity contribution < 1.29 is 23.9 Å². The quantitative estimate of drug-likeness (QED) is 0.698. The number of fused-ring (bicyclic) bond motifs is 1. The van der Waals surface area contributed by atoms with Gasteiger partial charge in [-0.2, -0.15) is 0 Å². The van der Waals surface area contributed by atoms with Crippen molar-refractivity contribution in [3.05, 3.63) is 64.6 Å². The van der Waals surface area contributed by atoms with E-state index in [0.29, 0.717) is 17.0 Å². The molecule has 0 bridgehead atoms. The van der Waals surface area contributed by atoms with Crippen LogP contribution in [0.15, 0.2) is 36.5 Å². The number of carbonyl (C=O) groups excluding carboxylic acids is 3. The summed E-state index contributed by atoms with van der Waals surface area (Å²) in [5.41, 5.74) is 3.09. The second-order valence-corrected chi connectivity index (χ2v) is 6.21. The van der Waals surface area contributed by atoms with Crippen LogP contribution in [-0.2, 0) is 9.47 Å². The molecule has 3 aromatic rings. The lowest BCUT2D eigenvalue weighted by molar-refractivity contribution is 0.0599. The summed E-state index contributed by atoms with van der Waals surface area (Å²) in [6.45, 7) is 3.68. The van der Waals surface area contributed by atoms with Gasteiger partial charge in [-0.3, -0.25) is 9.20 Å². The average molecular weight is 381 g/mol. The predicted molar refractivity (Wildman–Crippen MR) is 102 cm³/mol. The zero-order valence-electron chi connectivity index (χ0n) is 15.9. The molecule has 0 saturated carbocycles. The lowest BCUT2D eigenvalue weighted by Gasteiger charge is -2.10. The van der Waals surface area contributed by atoms with Crippen LogP contribution in [0, 0.1) is 13.8 Å². The van der Waals surface area contributed by atoms with E-state index in [1.807, 2.05) is 19.1 Å². The molecule has 0 aliphatic heterocycles. The van der Waals surface area contributed by atoms with Gasteiger partial charge in [0.05, 0.1) is 31.0 Å². The number of methoxy groups -OCH3 is 2. The van der Waals surface area contributed by atoms with Crippen molar-refractivity contribution in [2.75, 3.05) is 19.5 Å². The Morgan fingerprint density at radius 2 is 1.57 bits per heavy atom. The predicted octanol–water partition coefficient (Wildman–Crippen LogP) is 2.78. The van der Waals surface area contributed by atoms with E-state index >= 15 is 0 Å². The van der Waals surface area contributed by atoms with Gasteiger partial charge in [0.15, 0.2) is 0 Å². The minimum atomic E-state index is -0.636. The zero-order chi connectivity index (χ0) is 20.4. The van der Waals surface area contributed by atoms with E-state index in [1.165, 1.54) is 32.4 Å². The number of nitrogens with zero attached hydrogens (tertiary/aromatic N) is 2. The van der Waals surface area contributed by atoms with Crippen molar-refractivity contribution in [1.29, 1.82) is 0 Å². The second kappa shape index (κ2) is 7.51. The van der Waals surface area contributed by atoms with Crippen LogP contribution in [0.2, 0.25) is 0 Å². The van der Waals surface area contributed by atoms with Gasteiger partial charge in [-0.15, -0.1) is 0 Å². The average Bonchev–Trinajstić information content (AvgIpc) is 3.01. The van der Waals surface area contributed by atoms with Crippen LogP contribution in [0.5, 0.6) is 0 Å². The summed E-state index contributed by atoms with van der Waals surface area (Å²) in [5.74, 6) is -1.70. The van der Waals surface area contributed by atoms with E-state index in [0.717, 1.165) is 5.56 Å². The summed E-state index contributed by atoms with van der Waals surface area (Å²) in [5, 5.41) is 2.72. The van der Waals surface area contributed by atoms with Gasteiger partial charge >= 0.3 is 11.9 Å². The lowest BCUT2D eigenvalue weighted by Crippen LogP contribution is -2.17. The highest BCUT2D eigenvalue weighted by Crippen LogP contribution is 2.20. The molecule has 144 valence electrons. The molecule has 2 heterocycles. The fraction of sp³-hybridized carbons (Fsp3) is 0.200. The van der Waals surface area contributed by atoms with Crippen molar-refractivity contribution in [3.63, 3.8) is 0 Å². The number of ether oxygens (including phenoxy) is 2.